The summed E-state index contributed by atoms with van der Waals surface area (Å²) in [6.07, 6.45) is -4.96. The van der Waals surface area contributed by atoms with E-state index in [4.69, 9.17) is 15.3 Å². The van der Waals surface area contributed by atoms with Gasteiger partial charge in [-0.3, -0.25) is 0 Å². The molecule has 1 fully saturated rings. The molecular weight excluding hydrogens is 180 g/mol. The number of carbonyl (C=O) groups excluding carboxylic acids is 1. The van der Waals surface area contributed by atoms with Crippen LogP contribution in [0.4, 0.5) is 0 Å². The molecule has 1 saturated heterocycles. The molecule has 76 valence electrons. The molecule has 0 saturated carbocycles. The van der Waals surface area contributed by atoms with E-state index in [-0.39, 0.29) is 6.42 Å². The van der Waals surface area contributed by atoms with E-state index >= 15 is 0 Å². The van der Waals surface area contributed by atoms with Crippen LogP contribution >= 0.6 is 0 Å². The average molecular weight is 192 g/mol. The lowest BCUT2D eigenvalue weighted by Gasteiger charge is -2.20. The van der Waals surface area contributed by atoms with Crippen LogP contribution in [0, 0.1) is 0 Å². The number of carbonyl (C=O) groups is 1. The molecule has 0 unspecified atom stereocenters. The number of hydrogen-bond donors (Lipinski definition) is 4. The van der Waals surface area contributed by atoms with Crippen LogP contribution in [-0.2, 0) is 9.53 Å². The van der Waals surface area contributed by atoms with Gasteiger partial charge in [0.05, 0.1) is 6.61 Å². The first-order valence-electron chi connectivity index (χ1n) is 3.91. The Morgan fingerprint density at radius 1 is 1.54 bits per heavy atom. The molecule has 0 radical (unpaired) electrons. The number of aliphatic hydroxyl groups is 4. The van der Waals surface area contributed by atoms with E-state index in [2.05, 4.69) is 4.74 Å². The van der Waals surface area contributed by atoms with E-state index in [0.29, 0.717) is 0 Å². The fourth-order valence-electron chi connectivity index (χ4n) is 1.16. The van der Waals surface area contributed by atoms with E-state index in [1.54, 1.807) is 0 Å². The molecule has 1 rings (SSSR count). The van der Waals surface area contributed by atoms with Crippen LogP contribution in [0.2, 0.25) is 0 Å². The SMILES string of the molecule is O=C1O[C@@H]([C@H](O)[C@H](O)CO)C[C@@H]1O. The summed E-state index contributed by atoms with van der Waals surface area (Å²) < 4.78 is 4.55. The van der Waals surface area contributed by atoms with Crippen LogP contribution < -0.4 is 0 Å². The Morgan fingerprint density at radius 3 is 2.54 bits per heavy atom. The predicted octanol–water partition coefficient (Wildman–Crippen LogP) is -2.62. The van der Waals surface area contributed by atoms with E-state index < -0.39 is 37.0 Å². The molecule has 0 amide bonds. The van der Waals surface area contributed by atoms with E-state index in [9.17, 15) is 9.90 Å². The normalized spacial score (nSPS) is 32.8. The molecule has 4 N–H and O–H groups in total. The minimum atomic E-state index is -1.36. The molecule has 13 heavy (non-hydrogen) atoms. The molecule has 0 aliphatic carbocycles. The molecule has 4 atom stereocenters. The van der Waals surface area contributed by atoms with E-state index in [1.165, 1.54) is 0 Å². The number of rotatable bonds is 3. The van der Waals surface area contributed by atoms with Crippen molar-refractivity contribution in [2.75, 3.05) is 6.61 Å². The first-order chi connectivity index (χ1) is 6.06. The molecule has 1 heterocycles. The van der Waals surface area contributed by atoms with Crippen molar-refractivity contribution in [2.45, 2.75) is 30.8 Å². The van der Waals surface area contributed by atoms with Gasteiger partial charge in [-0.25, -0.2) is 4.79 Å². The highest BCUT2D eigenvalue weighted by atomic mass is 16.6. The quantitative estimate of drug-likeness (QED) is 0.365. The summed E-state index contributed by atoms with van der Waals surface area (Å²) in [5.74, 6) is -0.811. The second-order valence-corrected chi connectivity index (χ2v) is 2.97. The summed E-state index contributed by atoms with van der Waals surface area (Å²) in [5, 5.41) is 35.7. The smallest absolute Gasteiger partial charge is 0.335 e. The second kappa shape index (κ2) is 4.01. The number of cyclic esters (lactones) is 1. The van der Waals surface area contributed by atoms with Crippen LogP contribution in [0.15, 0.2) is 0 Å². The summed E-state index contributed by atoms with van der Waals surface area (Å²) in [4.78, 5) is 10.7. The molecule has 6 heteroatoms. The van der Waals surface area contributed by atoms with Gasteiger partial charge in [0.25, 0.3) is 0 Å². The first-order valence-corrected chi connectivity index (χ1v) is 3.91. The number of esters is 1. The van der Waals surface area contributed by atoms with Gasteiger partial charge in [0.2, 0.25) is 0 Å². The fourth-order valence-corrected chi connectivity index (χ4v) is 1.16. The predicted molar refractivity (Wildman–Crippen MR) is 39.6 cm³/mol. The van der Waals surface area contributed by atoms with Crippen molar-refractivity contribution < 1.29 is 30.0 Å². The number of hydrogen-bond acceptors (Lipinski definition) is 6. The van der Waals surface area contributed by atoms with Crippen LogP contribution in [0.25, 0.3) is 0 Å². The summed E-state index contributed by atoms with van der Waals surface area (Å²) in [7, 11) is 0. The molecular formula is C7H12O6. The average Bonchev–Trinajstić information content (AvgIpc) is 2.44. The van der Waals surface area contributed by atoms with Gasteiger partial charge >= 0.3 is 5.97 Å². The van der Waals surface area contributed by atoms with Gasteiger partial charge in [0.15, 0.2) is 6.10 Å². The Hall–Kier alpha value is -0.690. The van der Waals surface area contributed by atoms with Crippen molar-refractivity contribution in [3.05, 3.63) is 0 Å². The van der Waals surface area contributed by atoms with Crippen molar-refractivity contribution in [1.82, 2.24) is 0 Å². The van der Waals surface area contributed by atoms with E-state index in [0.717, 1.165) is 0 Å². The molecule has 0 bridgehead atoms. The van der Waals surface area contributed by atoms with Gasteiger partial charge in [-0.05, 0) is 0 Å². The Labute approximate surface area is 74.4 Å². The lowest BCUT2D eigenvalue weighted by molar-refractivity contribution is -0.154. The second-order valence-electron chi connectivity index (χ2n) is 2.97. The highest BCUT2D eigenvalue weighted by Crippen LogP contribution is 2.19. The van der Waals surface area contributed by atoms with Gasteiger partial charge in [-0.2, -0.15) is 0 Å². The minimum absolute atomic E-state index is 0.0585. The molecule has 0 aromatic carbocycles. The third-order valence-electron chi connectivity index (χ3n) is 1.96. The molecule has 0 aromatic rings. The van der Waals surface area contributed by atoms with Crippen molar-refractivity contribution in [3.63, 3.8) is 0 Å². The maximum atomic E-state index is 10.7. The molecule has 6 nitrogen and oxygen atoms in total. The first kappa shape index (κ1) is 10.4. The minimum Gasteiger partial charge on any atom is -0.457 e. The lowest BCUT2D eigenvalue weighted by atomic mass is 10.1. The zero-order valence-electron chi connectivity index (χ0n) is 6.83. The number of aliphatic hydroxyl groups excluding tert-OH is 4. The van der Waals surface area contributed by atoms with Gasteiger partial charge in [-0.15, -0.1) is 0 Å². The maximum absolute atomic E-state index is 10.7. The Kier molecular flexibility index (Phi) is 3.21. The monoisotopic (exact) mass is 192 g/mol. The summed E-state index contributed by atoms with van der Waals surface area (Å²) >= 11 is 0. The standard InChI is InChI=1S/C7H12O6/c8-2-4(10)6(11)5-1-3(9)7(12)13-5/h3-6,8-11H,1-2H2/t3-,4+,5+,6+/m0/s1. The Morgan fingerprint density at radius 2 is 2.15 bits per heavy atom. The molecule has 1 aliphatic rings. The largest absolute Gasteiger partial charge is 0.457 e. The van der Waals surface area contributed by atoms with Crippen molar-refractivity contribution >= 4 is 5.97 Å². The van der Waals surface area contributed by atoms with Gasteiger partial charge in [0.1, 0.15) is 18.3 Å². The van der Waals surface area contributed by atoms with Crippen LogP contribution in [0.1, 0.15) is 6.42 Å². The van der Waals surface area contributed by atoms with Gasteiger partial charge in [0, 0.05) is 6.42 Å². The summed E-state index contributed by atoms with van der Waals surface area (Å²) in [6.45, 7) is -0.620. The Bertz CT molecular complexity index is 193. The van der Waals surface area contributed by atoms with Crippen LogP contribution in [0.5, 0.6) is 0 Å². The zero-order chi connectivity index (χ0) is 10.0. The fraction of sp³-hybridized carbons (Fsp3) is 0.857. The number of ether oxygens (including phenoxy) is 1. The van der Waals surface area contributed by atoms with Gasteiger partial charge < -0.3 is 25.2 Å². The van der Waals surface area contributed by atoms with Crippen molar-refractivity contribution in [3.8, 4) is 0 Å². The van der Waals surface area contributed by atoms with Crippen molar-refractivity contribution in [1.29, 1.82) is 0 Å². The lowest BCUT2D eigenvalue weighted by Crippen LogP contribution is -2.39. The summed E-state index contributed by atoms with van der Waals surface area (Å²) in [5.41, 5.74) is 0. The topological polar surface area (TPSA) is 107 Å². The highest BCUT2D eigenvalue weighted by Gasteiger charge is 2.39. The van der Waals surface area contributed by atoms with Crippen LogP contribution in [-0.4, -0.2) is 57.4 Å². The molecule has 0 spiro atoms. The third-order valence-corrected chi connectivity index (χ3v) is 1.96. The molecule has 0 aromatic heterocycles. The zero-order valence-corrected chi connectivity index (χ0v) is 6.83. The molecule has 1 aliphatic heterocycles. The highest BCUT2D eigenvalue weighted by molar-refractivity contribution is 5.76. The Balaban J connectivity index is 2.50. The van der Waals surface area contributed by atoms with Crippen LogP contribution in [0.3, 0.4) is 0 Å². The maximum Gasteiger partial charge on any atom is 0.335 e. The van der Waals surface area contributed by atoms with E-state index in [1.807, 2.05) is 0 Å². The van der Waals surface area contributed by atoms with Crippen molar-refractivity contribution in [2.24, 2.45) is 0 Å². The van der Waals surface area contributed by atoms with Gasteiger partial charge in [-0.1, -0.05) is 0 Å². The summed E-state index contributed by atoms with van der Waals surface area (Å²) in [6, 6.07) is 0. The third kappa shape index (κ3) is 2.16.